The van der Waals surface area contributed by atoms with Crippen molar-refractivity contribution in [1.82, 2.24) is 0 Å². The summed E-state index contributed by atoms with van der Waals surface area (Å²) in [6, 6.07) is 20.4. The molecule has 0 aliphatic heterocycles. The molecule has 0 saturated heterocycles. The Morgan fingerprint density at radius 1 is 0.966 bits per heavy atom. The number of fused-ring (bicyclic) bond motifs is 3. The van der Waals surface area contributed by atoms with Crippen LogP contribution in [0.3, 0.4) is 0 Å². The van der Waals surface area contributed by atoms with Crippen molar-refractivity contribution in [2.75, 3.05) is 19.0 Å². The molecule has 0 radical (unpaired) electrons. The van der Waals surface area contributed by atoms with E-state index in [4.69, 9.17) is 9.47 Å². The van der Waals surface area contributed by atoms with Gasteiger partial charge in [0.15, 0.2) is 0 Å². The first-order chi connectivity index (χ1) is 14.1. The van der Waals surface area contributed by atoms with Gasteiger partial charge in [-0.1, -0.05) is 48.5 Å². The number of rotatable bonds is 5. The molecule has 0 spiro atoms. The number of benzene rings is 3. The summed E-state index contributed by atoms with van der Waals surface area (Å²) in [5.41, 5.74) is 4.84. The molecule has 6 nitrogen and oxygen atoms in total. The Bertz CT molecular complexity index is 1050. The highest BCUT2D eigenvalue weighted by molar-refractivity contribution is 5.92. The van der Waals surface area contributed by atoms with Crippen LogP contribution in [-0.2, 0) is 4.74 Å². The molecule has 1 aliphatic rings. The lowest BCUT2D eigenvalue weighted by Crippen LogP contribution is -2.18. The molecule has 0 atom stereocenters. The number of anilines is 1. The maximum Gasteiger partial charge on any atom is 0.411 e. The van der Waals surface area contributed by atoms with Crippen LogP contribution < -0.4 is 10.1 Å². The molecule has 0 bridgehead atoms. The fourth-order valence-corrected chi connectivity index (χ4v) is 3.66. The van der Waals surface area contributed by atoms with Crippen molar-refractivity contribution in [3.8, 4) is 16.9 Å². The lowest BCUT2D eigenvalue weighted by atomic mass is 9.98. The fourth-order valence-electron chi connectivity index (χ4n) is 3.66. The second-order valence-corrected chi connectivity index (χ2v) is 6.71. The summed E-state index contributed by atoms with van der Waals surface area (Å²) in [5.74, 6) is -0.827. The zero-order valence-corrected chi connectivity index (χ0v) is 15.7. The predicted molar refractivity (Wildman–Crippen MR) is 109 cm³/mol. The molecule has 0 unspecified atom stereocenters. The van der Waals surface area contributed by atoms with Gasteiger partial charge in [-0.25, -0.2) is 9.59 Å². The highest BCUT2D eigenvalue weighted by atomic mass is 16.5. The third-order valence-electron chi connectivity index (χ3n) is 4.98. The van der Waals surface area contributed by atoms with Crippen LogP contribution in [0, 0.1) is 0 Å². The van der Waals surface area contributed by atoms with Gasteiger partial charge in [-0.15, -0.1) is 0 Å². The quantitative estimate of drug-likeness (QED) is 0.658. The van der Waals surface area contributed by atoms with E-state index in [-0.39, 0.29) is 18.1 Å². The second-order valence-electron chi connectivity index (χ2n) is 6.71. The van der Waals surface area contributed by atoms with E-state index >= 15 is 0 Å². The lowest BCUT2D eigenvalue weighted by Gasteiger charge is -2.15. The number of aromatic carboxylic acids is 1. The number of amides is 1. The molecule has 3 aromatic rings. The molecule has 0 saturated carbocycles. The van der Waals surface area contributed by atoms with Gasteiger partial charge < -0.3 is 14.6 Å². The molecule has 1 aliphatic carbocycles. The summed E-state index contributed by atoms with van der Waals surface area (Å²) < 4.78 is 10.6. The number of carbonyl (C=O) groups is 2. The minimum Gasteiger partial charge on any atom is -0.497 e. The highest BCUT2D eigenvalue weighted by Gasteiger charge is 2.29. The van der Waals surface area contributed by atoms with Crippen molar-refractivity contribution in [2.45, 2.75) is 5.92 Å². The van der Waals surface area contributed by atoms with Crippen LogP contribution in [0.4, 0.5) is 10.5 Å². The van der Waals surface area contributed by atoms with Crippen LogP contribution >= 0.6 is 0 Å². The smallest absolute Gasteiger partial charge is 0.411 e. The van der Waals surface area contributed by atoms with Crippen LogP contribution in [0.2, 0.25) is 0 Å². The predicted octanol–water partition coefficient (Wildman–Crippen LogP) is 4.75. The van der Waals surface area contributed by atoms with Crippen LogP contribution in [0.15, 0.2) is 66.7 Å². The molecule has 3 aromatic carbocycles. The maximum absolute atomic E-state index is 12.4. The van der Waals surface area contributed by atoms with Gasteiger partial charge in [-0.3, -0.25) is 5.32 Å². The number of nitrogens with one attached hydrogen (secondary N) is 1. The van der Waals surface area contributed by atoms with Gasteiger partial charge in [0.2, 0.25) is 0 Å². The zero-order valence-electron chi connectivity index (χ0n) is 15.7. The first-order valence-electron chi connectivity index (χ1n) is 9.11. The van der Waals surface area contributed by atoms with Gasteiger partial charge in [-0.2, -0.15) is 0 Å². The molecule has 146 valence electrons. The summed E-state index contributed by atoms with van der Waals surface area (Å²) in [6.45, 7) is 0.176. The van der Waals surface area contributed by atoms with Gasteiger partial charge in [-0.05, 0) is 34.4 Å². The van der Waals surface area contributed by atoms with Crippen molar-refractivity contribution in [3.63, 3.8) is 0 Å². The largest absolute Gasteiger partial charge is 0.497 e. The van der Waals surface area contributed by atoms with E-state index in [1.54, 1.807) is 0 Å². The molecular formula is C23H19NO5. The van der Waals surface area contributed by atoms with E-state index in [2.05, 4.69) is 17.4 Å². The lowest BCUT2D eigenvalue weighted by molar-refractivity contribution is 0.0696. The Morgan fingerprint density at radius 2 is 1.59 bits per heavy atom. The first-order valence-corrected chi connectivity index (χ1v) is 9.11. The molecule has 0 aromatic heterocycles. The van der Waals surface area contributed by atoms with Gasteiger partial charge in [0.05, 0.1) is 12.7 Å². The van der Waals surface area contributed by atoms with Crippen LogP contribution in [0.25, 0.3) is 11.1 Å². The van der Waals surface area contributed by atoms with Crippen molar-refractivity contribution >= 4 is 17.7 Å². The van der Waals surface area contributed by atoms with E-state index < -0.39 is 12.1 Å². The third-order valence-corrected chi connectivity index (χ3v) is 4.98. The Balaban J connectivity index is 1.50. The van der Waals surface area contributed by atoms with E-state index in [0.717, 1.165) is 22.3 Å². The molecule has 4 rings (SSSR count). The maximum atomic E-state index is 12.4. The zero-order chi connectivity index (χ0) is 20.4. The van der Waals surface area contributed by atoms with Crippen molar-refractivity contribution in [1.29, 1.82) is 0 Å². The van der Waals surface area contributed by atoms with Gasteiger partial charge in [0.1, 0.15) is 12.4 Å². The Labute approximate surface area is 167 Å². The summed E-state index contributed by atoms with van der Waals surface area (Å²) in [4.78, 5) is 23.6. The van der Waals surface area contributed by atoms with Crippen molar-refractivity contribution in [2.24, 2.45) is 0 Å². The summed E-state index contributed by atoms with van der Waals surface area (Å²) in [6.07, 6.45) is -0.656. The van der Waals surface area contributed by atoms with Gasteiger partial charge in [0.25, 0.3) is 0 Å². The minimum atomic E-state index is -1.11. The standard InChI is InChI=1S/C23H19NO5/c1-28-16-11-14(22(25)26)10-15(12-16)24-23(27)29-13-21-19-8-4-2-6-17(19)18-7-3-5-9-20(18)21/h2-12,21H,13H2,1H3,(H,24,27)(H,25,26). The van der Waals surface area contributed by atoms with Crippen LogP contribution in [0.5, 0.6) is 5.75 Å². The number of carbonyl (C=O) groups excluding carboxylic acids is 1. The molecule has 1 amide bonds. The van der Waals surface area contributed by atoms with Crippen LogP contribution in [0.1, 0.15) is 27.4 Å². The first kappa shape index (κ1) is 18.6. The number of hydrogen-bond donors (Lipinski definition) is 2. The molecular weight excluding hydrogens is 370 g/mol. The summed E-state index contributed by atoms with van der Waals surface area (Å²) in [5, 5.41) is 11.8. The Kier molecular flexibility index (Phi) is 4.91. The SMILES string of the molecule is COc1cc(NC(=O)OCC2c3ccccc3-c3ccccc32)cc(C(=O)O)c1. The Morgan fingerprint density at radius 3 is 2.17 bits per heavy atom. The Hall–Kier alpha value is -3.80. The van der Waals surface area contributed by atoms with E-state index in [1.807, 2.05) is 36.4 Å². The minimum absolute atomic E-state index is 0.0123. The molecule has 2 N–H and O–H groups in total. The number of carboxylic acids is 1. The third kappa shape index (κ3) is 3.65. The number of hydrogen-bond acceptors (Lipinski definition) is 4. The summed E-state index contributed by atoms with van der Waals surface area (Å²) in [7, 11) is 1.43. The fraction of sp³-hybridized carbons (Fsp3) is 0.130. The van der Waals surface area contributed by atoms with Crippen molar-refractivity contribution < 1.29 is 24.2 Å². The average molecular weight is 389 g/mol. The van der Waals surface area contributed by atoms with E-state index in [1.165, 1.54) is 25.3 Å². The molecule has 6 heteroatoms. The second kappa shape index (κ2) is 7.67. The van der Waals surface area contributed by atoms with Gasteiger partial charge in [0, 0.05) is 17.7 Å². The topological polar surface area (TPSA) is 84.9 Å². The van der Waals surface area contributed by atoms with E-state index in [0.29, 0.717) is 11.4 Å². The number of methoxy groups -OCH3 is 1. The normalized spacial score (nSPS) is 12.0. The van der Waals surface area contributed by atoms with Crippen molar-refractivity contribution in [3.05, 3.63) is 83.4 Å². The molecule has 0 fully saturated rings. The highest BCUT2D eigenvalue weighted by Crippen LogP contribution is 2.44. The number of carboxylic acid groups (broad SMARTS) is 1. The monoisotopic (exact) mass is 389 g/mol. The summed E-state index contributed by atoms with van der Waals surface area (Å²) >= 11 is 0. The average Bonchev–Trinajstić information content (AvgIpc) is 3.06. The van der Waals surface area contributed by atoms with Crippen LogP contribution in [-0.4, -0.2) is 30.9 Å². The molecule has 29 heavy (non-hydrogen) atoms. The van der Waals surface area contributed by atoms with Gasteiger partial charge >= 0.3 is 12.1 Å². The molecule has 0 heterocycles. The number of ether oxygens (including phenoxy) is 2. The van der Waals surface area contributed by atoms with E-state index in [9.17, 15) is 14.7 Å².